The van der Waals surface area contributed by atoms with Gasteiger partial charge in [-0.1, -0.05) is 48.5 Å². The molecule has 5 heteroatoms. The molecule has 0 aliphatic heterocycles. The molecule has 0 aromatic heterocycles. The van der Waals surface area contributed by atoms with Crippen LogP contribution in [0.2, 0.25) is 0 Å². The summed E-state index contributed by atoms with van der Waals surface area (Å²) >= 11 is 0. The number of anilines is 3. The van der Waals surface area contributed by atoms with E-state index >= 15 is 0 Å². The van der Waals surface area contributed by atoms with Crippen LogP contribution in [0.4, 0.5) is 17.1 Å². The van der Waals surface area contributed by atoms with E-state index < -0.39 is 0 Å². The average Bonchev–Trinajstić information content (AvgIpc) is 3.60. The lowest BCUT2D eigenvalue weighted by molar-refractivity contribution is -0.117. The van der Waals surface area contributed by atoms with Crippen LogP contribution >= 0.6 is 0 Å². The third-order valence-electron chi connectivity index (χ3n) is 4.84. The molecular weight excluding hydrogens is 362 g/mol. The second kappa shape index (κ2) is 8.61. The molecule has 1 aliphatic carbocycles. The van der Waals surface area contributed by atoms with Crippen molar-refractivity contribution >= 4 is 28.9 Å². The lowest BCUT2D eigenvalue weighted by atomic mass is 10.0. The fourth-order valence-electron chi connectivity index (χ4n) is 3.10. The molecule has 0 bridgehead atoms. The van der Waals surface area contributed by atoms with Crippen LogP contribution in [0.3, 0.4) is 0 Å². The van der Waals surface area contributed by atoms with Gasteiger partial charge in [-0.05, 0) is 48.7 Å². The molecule has 1 fully saturated rings. The van der Waals surface area contributed by atoms with Gasteiger partial charge in [0.25, 0.3) is 0 Å². The van der Waals surface area contributed by atoms with Crippen molar-refractivity contribution in [3.63, 3.8) is 0 Å². The Morgan fingerprint density at radius 3 is 2.14 bits per heavy atom. The third kappa shape index (κ3) is 5.02. The molecule has 1 aliphatic rings. The number of carbonyl (C=O) groups excluding carboxylic acids is 2. The van der Waals surface area contributed by atoms with Crippen molar-refractivity contribution in [2.45, 2.75) is 12.8 Å². The lowest BCUT2D eigenvalue weighted by Gasteiger charge is -2.12. The maximum Gasteiger partial charge on any atom is 0.243 e. The molecule has 3 aromatic rings. The number of hydrogen-bond acceptors (Lipinski definition) is 3. The van der Waals surface area contributed by atoms with Crippen LogP contribution in [0, 0.1) is 5.92 Å². The number of nitrogens with one attached hydrogen (secondary N) is 3. The first kappa shape index (κ1) is 18.7. The molecule has 29 heavy (non-hydrogen) atoms. The largest absolute Gasteiger partial charge is 0.376 e. The summed E-state index contributed by atoms with van der Waals surface area (Å²) in [6, 6.07) is 25.1. The Morgan fingerprint density at radius 2 is 1.41 bits per heavy atom. The summed E-state index contributed by atoms with van der Waals surface area (Å²) in [6.45, 7) is 0.150. The molecule has 0 unspecified atom stereocenters. The predicted molar refractivity (Wildman–Crippen MR) is 117 cm³/mol. The van der Waals surface area contributed by atoms with Gasteiger partial charge in [0.1, 0.15) is 0 Å². The SMILES string of the molecule is O=C(CNc1ccc(NC(=O)C2CC2)cc1)Nc1ccccc1-c1ccccc1. The number of para-hydroxylation sites is 1. The van der Waals surface area contributed by atoms with E-state index in [4.69, 9.17) is 0 Å². The molecule has 0 radical (unpaired) electrons. The average molecular weight is 385 g/mol. The van der Waals surface area contributed by atoms with Gasteiger partial charge in [0, 0.05) is 28.5 Å². The predicted octanol–water partition coefficient (Wildman–Crippen LogP) is 4.75. The number of rotatable bonds is 7. The van der Waals surface area contributed by atoms with Crippen molar-refractivity contribution < 1.29 is 9.59 Å². The van der Waals surface area contributed by atoms with Crippen molar-refractivity contribution in [3.05, 3.63) is 78.9 Å². The Kier molecular flexibility index (Phi) is 5.56. The zero-order chi connectivity index (χ0) is 20.1. The second-order valence-corrected chi connectivity index (χ2v) is 7.15. The van der Waals surface area contributed by atoms with Crippen molar-refractivity contribution in [1.29, 1.82) is 0 Å². The summed E-state index contributed by atoms with van der Waals surface area (Å²) in [5, 5.41) is 9.00. The molecule has 0 heterocycles. The highest BCUT2D eigenvalue weighted by Crippen LogP contribution is 2.30. The van der Waals surface area contributed by atoms with E-state index in [0.717, 1.165) is 41.0 Å². The van der Waals surface area contributed by atoms with E-state index in [2.05, 4.69) is 16.0 Å². The zero-order valence-corrected chi connectivity index (χ0v) is 16.0. The Balaban J connectivity index is 1.33. The minimum Gasteiger partial charge on any atom is -0.376 e. The lowest BCUT2D eigenvalue weighted by Crippen LogP contribution is -2.22. The van der Waals surface area contributed by atoms with Gasteiger partial charge >= 0.3 is 0 Å². The molecule has 146 valence electrons. The molecule has 0 spiro atoms. The maximum atomic E-state index is 12.4. The van der Waals surface area contributed by atoms with E-state index in [1.54, 1.807) is 0 Å². The molecule has 0 atom stereocenters. The standard InChI is InChI=1S/C24H23N3O2/c28-23(27-22-9-5-4-8-21(22)17-6-2-1-3-7-17)16-25-19-12-14-20(15-13-19)26-24(29)18-10-11-18/h1-9,12-15,18,25H,10-11,16H2,(H,26,29)(H,27,28). The van der Waals surface area contributed by atoms with E-state index in [1.807, 2.05) is 78.9 Å². The zero-order valence-electron chi connectivity index (χ0n) is 16.0. The van der Waals surface area contributed by atoms with Gasteiger partial charge < -0.3 is 16.0 Å². The molecule has 4 rings (SSSR count). The Labute approximate surface area is 170 Å². The van der Waals surface area contributed by atoms with Crippen LogP contribution in [0.1, 0.15) is 12.8 Å². The van der Waals surface area contributed by atoms with Gasteiger partial charge in [0.05, 0.1) is 6.54 Å². The van der Waals surface area contributed by atoms with E-state index in [1.165, 1.54) is 0 Å². The minimum absolute atomic E-state index is 0.0853. The molecule has 2 amide bonds. The summed E-state index contributed by atoms with van der Waals surface area (Å²) in [6.07, 6.45) is 1.96. The van der Waals surface area contributed by atoms with Crippen LogP contribution in [-0.4, -0.2) is 18.4 Å². The van der Waals surface area contributed by atoms with Gasteiger partial charge in [-0.2, -0.15) is 0 Å². The van der Waals surface area contributed by atoms with Crippen molar-refractivity contribution in [2.75, 3.05) is 22.5 Å². The summed E-state index contributed by atoms with van der Waals surface area (Å²) in [5.74, 6) is 0.136. The van der Waals surface area contributed by atoms with Crippen molar-refractivity contribution in [1.82, 2.24) is 0 Å². The van der Waals surface area contributed by atoms with E-state index in [-0.39, 0.29) is 24.3 Å². The van der Waals surface area contributed by atoms with Gasteiger partial charge in [-0.15, -0.1) is 0 Å². The molecule has 5 nitrogen and oxygen atoms in total. The topological polar surface area (TPSA) is 70.2 Å². The van der Waals surface area contributed by atoms with E-state index in [9.17, 15) is 9.59 Å². The van der Waals surface area contributed by atoms with Crippen molar-refractivity contribution in [2.24, 2.45) is 5.92 Å². The summed E-state index contributed by atoms with van der Waals surface area (Å²) < 4.78 is 0. The molecule has 0 saturated heterocycles. The van der Waals surface area contributed by atoms with Crippen molar-refractivity contribution in [3.8, 4) is 11.1 Å². The summed E-state index contributed by atoms with van der Waals surface area (Å²) in [5.41, 5.74) is 4.41. The van der Waals surface area contributed by atoms with Crippen LogP contribution < -0.4 is 16.0 Å². The number of carbonyl (C=O) groups is 2. The fraction of sp³-hybridized carbons (Fsp3) is 0.167. The van der Waals surface area contributed by atoms with Gasteiger partial charge in [-0.3, -0.25) is 9.59 Å². The Hall–Kier alpha value is -3.60. The number of amides is 2. The normalized spacial score (nSPS) is 12.8. The highest BCUT2D eigenvalue weighted by molar-refractivity contribution is 5.98. The maximum absolute atomic E-state index is 12.4. The third-order valence-corrected chi connectivity index (χ3v) is 4.84. The Bertz CT molecular complexity index is 996. The fourth-order valence-corrected chi connectivity index (χ4v) is 3.10. The number of hydrogen-bond donors (Lipinski definition) is 3. The molecule has 3 aromatic carbocycles. The van der Waals surface area contributed by atoms with Crippen LogP contribution in [0.5, 0.6) is 0 Å². The summed E-state index contributed by atoms with van der Waals surface area (Å²) in [4.78, 5) is 24.2. The van der Waals surface area contributed by atoms with Gasteiger partial charge in [-0.25, -0.2) is 0 Å². The van der Waals surface area contributed by atoms with Crippen LogP contribution in [0.25, 0.3) is 11.1 Å². The van der Waals surface area contributed by atoms with Gasteiger partial charge in [0.2, 0.25) is 11.8 Å². The monoisotopic (exact) mass is 385 g/mol. The van der Waals surface area contributed by atoms with Gasteiger partial charge in [0.15, 0.2) is 0 Å². The quantitative estimate of drug-likeness (QED) is 0.549. The molecule has 1 saturated carbocycles. The van der Waals surface area contributed by atoms with E-state index in [0.29, 0.717) is 0 Å². The first-order valence-electron chi connectivity index (χ1n) is 9.78. The smallest absolute Gasteiger partial charge is 0.243 e. The molecule has 3 N–H and O–H groups in total. The minimum atomic E-state index is -0.125. The molecular formula is C24H23N3O2. The first-order chi connectivity index (χ1) is 14.2. The first-order valence-corrected chi connectivity index (χ1v) is 9.78. The highest BCUT2D eigenvalue weighted by atomic mass is 16.2. The Morgan fingerprint density at radius 1 is 0.759 bits per heavy atom. The number of benzene rings is 3. The second-order valence-electron chi connectivity index (χ2n) is 7.15. The van der Waals surface area contributed by atoms with Crippen LogP contribution in [0.15, 0.2) is 78.9 Å². The highest BCUT2D eigenvalue weighted by Gasteiger charge is 2.29. The summed E-state index contributed by atoms with van der Waals surface area (Å²) in [7, 11) is 0. The van der Waals surface area contributed by atoms with Crippen LogP contribution in [-0.2, 0) is 9.59 Å².